The van der Waals surface area contributed by atoms with Crippen LogP contribution in [0.3, 0.4) is 0 Å². The van der Waals surface area contributed by atoms with Crippen LogP contribution in [0.1, 0.15) is 48.8 Å². The predicted molar refractivity (Wildman–Crippen MR) is 145 cm³/mol. The number of carbonyl (C=O) groups is 1. The molecule has 2 aromatic rings. The Balaban J connectivity index is 1.17. The maximum atomic E-state index is 13.2. The lowest BCUT2D eigenvalue weighted by atomic mass is 9.88. The third-order valence-electron chi connectivity index (χ3n) is 8.55. The second-order valence-electron chi connectivity index (χ2n) is 11.2. The fourth-order valence-corrected chi connectivity index (χ4v) is 6.43. The van der Waals surface area contributed by atoms with Crippen molar-refractivity contribution in [2.45, 2.75) is 57.4 Å². The van der Waals surface area contributed by atoms with Gasteiger partial charge in [0.1, 0.15) is 5.75 Å². The summed E-state index contributed by atoms with van der Waals surface area (Å²) in [6.45, 7) is 5.47. The van der Waals surface area contributed by atoms with Gasteiger partial charge in [-0.3, -0.25) is 4.79 Å². The van der Waals surface area contributed by atoms with Crippen LogP contribution in [0.25, 0.3) is 0 Å². The first-order valence-corrected chi connectivity index (χ1v) is 14.1. The largest absolute Gasteiger partial charge is 0.493 e. The van der Waals surface area contributed by atoms with Gasteiger partial charge in [0.05, 0.1) is 12.5 Å². The van der Waals surface area contributed by atoms with Crippen LogP contribution in [0, 0.1) is 11.8 Å². The highest BCUT2D eigenvalue weighted by atomic mass is 16.5. The van der Waals surface area contributed by atoms with E-state index in [-0.39, 0.29) is 11.8 Å². The first-order valence-electron chi connectivity index (χ1n) is 14.1. The Bertz CT molecular complexity index is 995. The van der Waals surface area contributed by atoms with Crippen molar-refractivity contribution in [2.75, 3.05) is 46.4 Å². The molecule has 2 heterocycles. The average Bonchev–Trinajstić information content (AvgIpc) is 3.55. The fraction of sp³-hybridized carbons (Fsp3) is 0.581. The van der Waals surface area contributed by atoms with Gasteiger partial charge in [-0.25, -0.2) is 0 Å². The van der Waals surface area contributed by atoms with E-state index in [2.05, 4.69) is 70.7 Å². The molecule has 36 heavy (non-hydrogen) atoms. The summed E-state index contributed by atoms with van der Waals surface area (Å²) < 4.78 is 6.31. The lowest BCUT2D eigenvalue weighted by molar-refractivity contribution is -0.127. The Hall–Kier alpha value is -2.37. The minimum atomic E-state index is 0.0319. The summed E-state index contributed by atoms with van der Waals surface area (Å²) >= 11 is 0. The van der Waals surface area contributed by atoms with Crippen molar-refractivity contribution in [3.63, 3.8) is 0 Å². The topological polar surface area (TPSA) is 44.8 Å². The number of nitrogens with zero attached hydrogens (tertiary/aromatic N) is 2. The summed E-state index contributed by atoms with van der Waals surface area (Å²) in [6, 6.07) is 17.9. The van der Waals surface area contributed by atoms with Gasteiger partial charge in [-0.05, 0) is 93.8 Å². The predicted octanol–water partition coefficient (Wildman–Crippen LogP) is 4.34. The van der Waals surface area contributed by atoms with Crippen LogP contribution in [-0.4, -0.2) is 68.1 Å². The Morgan fingerprint density at radius 1 is 1.06 bits per heavy atom. The quantitative estimate of drug-likeness (QED) is 0.539. The van der Waals surface area contributed by atoms with Gasteiger partial charge in [-0.1, -0.05) is 36.4 Å². The highest BCUT2D eigenvalue weighted by Gasteiger charge is 2.32. The number of hydrogen-bond donors (Lipinski definition) is 1. The number of rotatable bonds is 10. The zero-order valence-corrected chi connectivity index (χ0v) is 22.0. The summed E-state index contributed by atoms with van der Waals surface area (Å²) in [5.74, 6) is 1.60. The number of nitrogens with one attached hydrogen (secondary N) is 1. The number of piperidine rings is 1. The van der Waals surface area contributed by atoms with Crippen molar-refractivity contribution in [3.8, 4) is 5.75 Å². The third kappa shape index (κ3) is 6.68. The normalized spacial score (nSPS) is 24.5. The molecular weight excluding hydrogens is 446 g/mol. The summed E-state index contributed by atoms with van der Waals surface area (Å²) in [6.07, 6.45) is 9.13. The van der Waals surface area contributed by atoms with E-state index in [9.17, 15) is 4.79 Å². The van der Waals surface area contributed by atoms with E-state index >= 15 is 0 Å². The van der Waals surface area contributed by atoms with Crippen LogP contribution >= 0.6 is 0 Å². The first-order chi connectivity index (χ1) is 17.6. The second kappa shape index (κ2) is 12.2. The van der Waals surface area contributed by atoms with Crippen molar-refractivity contribution in [2.24, 2.45) is 11.8 Å². The minimum absolute atomic E-state index is 0.0319. The zero-order valence-electron chi connectivity index (χ0n) is 22.0. The molecular formula is C31H43N3O2. The Morgan fingerprint density at radius 3 is 2.75 bits per heavy atom. The van der Waals surface area contributed by atoms with Crippen LogP contribution in [-0.2, 0) is 24.1 Å². The molecule has 194 valence electrons. The molecule has 1 amide bonds. The summed E-state index contributed by atoms with van der Waals surface area (Å²) in [5.41, 5.74) is 4.29. The van der Waals surface area contributed by atoms with Gasteiger partial charge in [0.15, 0.2) is 0 Å². The highest BCUT2D eigenvalue weighted by molar-refractivity contribution is 5.79. The number of fused-ring (bicyclic) bond motifs is 1. The second-order valence-corrected chi connectivity index (χ2v) is 11.2. The molecule has 0 spiro atoms. The molecule has 2 aromatic carbocycles. The van der Waals surface area contributed by atoms with Crippen molar-refractivity contribution >= 4 is 5.91 Å². The maximum absolute atomic E-state index is 13.2. The number of aryl methyl sites for hydroxylation is 2. The van der Waals surface area contributed by atoms with E-state index in [1.807, 2.05) is 0 Å². The number of ether oxygens (including phenoxy) is 1. The van der Waals surface area contributed by atoms with Crippen molar-refractivity contribution in [1.82, 2.24) is 15.1 Å². The number of carbonyl (C=O) groups excluding carboxylic acids is 1. The molecule has 0 aromatic heterocycles. The van der Waals surface area contributed by atoms with E-state index in [4.69, 9.17) is 4.74 Å². The molecule has 0 bridgehead atoms. The smallest absolute Gasteiger partial charge is 0.224 e. The van der Waals surface area contributed by atoms with Crippen molar-refractivity contribution in [3.05, 3.63) is 65.2 Å². The molecule has 5 nitrogen and oxygen atoms in total. The zero-order chi connectivity index (χ0) is 24.7. The van der Waals surface area contributed by atoms with Gasteiger partial charge < -0.3 is 19.9 Å². The lowest BCUT2D eigenvalue weighted by Crippen LogP contribution is -2.48. The molecule has 2 aliphatic heterocycles. The molecule has 5 rings (SSSR count). The molecule has 0 unspecified atom stereocenters. The van der Waals surface area contributed by atoms with E-state index in [0.29, 0.717) is 18.6 Å². The van der Waals surface area contributed by atoms with Gasteiger partial charge in [-0.2, -0.15) is 0 Å². The highest BCUT2D eigenvalue weighted by Crippen LogP contribution is 2.28. The summed E-state index contributed by atoms with van der Waals surface area (Å²) in [7, 11) is 2.21. The van der Waals surface area contributed by atoms with Gasteiger partial charge in [0.25, 0.3) is 0 Å². The average molecular weight is 490 g/mol. The number of amides is 1. The van der Waals surface area contributed by atoms with Gasteiger partial charge >= 0.3 is 0 Å². The molecule has 5 heteroatoms. The van der Waals surface area contributed by atoms with Gasteiger partial charge in [0.2, 0.25) is 5.91 Å². The summed E-state index contributed by atoms with van der Waals surface area (Å²) in [4.78, 5) is 18.2. The first kappa shape index (κ1) is 25.3. The molecule has 0 saturated carbocycles. The van der Waals surface area contributed by atoms with Crippen LogP contribution in [0.5, 0.6) is 5.75 Å². The number of hydrogen-bond acceptors (Lipinski definition) is 4. The van der Waals surface area contributed by atoms with Crippen LogP contribution in [0.15, 0.2) is 48.5 Å². The van der Waals surface area contributed by atoms with Gasteiger partial charge in [0, 0.05) is 38.1 Å². The Labute approximate surface area is 217 Å². The standard InChI is InChI=1S/C31H43N3O2/c1-33-17-6-11-29(33)14-16-32-31(35)28-19-25(21-34(22-28)18-15-24-7-3-2-4-8-24)23-36-30-13-12-26-9-5-10-27(26)20-30/h2-4,7-8,12-13,20,25,28-29H,5-6,9-11,14-19,21-23H2,1H3,(H,32,35)/t25-,28+,29+/m0/s1. The van der Waals surface area contributed by atoms with E-state index in [1.54, 1.807) is 0 Å². The van der Waals surface area contributed by atoms with Crippen molar-refractivity contribution < 1.29 is 9.53 Å². The van der Waals surface area contributed by atoms with Crippen molar-refractivity contribution in [1.29, 1.82) is 0 Å². The molecule has 2 saturated heterocycles. The summed E-state index contributed by atoms with van der Waals surface area (Å²) in [5, 5.41) is 3.28. The molecule has 0 radical (unpaired) electrons. The minimum Gasteiger partial charge on any atom is -0.493 e. The van der Waals surface area contributed by atoms with Crippen LogP contribution in [0.4, 0.5) is 0 Å². The molecule has 3 atom stereocenters. The third-order valence-corrected chi connectivity index (χ3v) is 8.55. The number of benzene rings is 2. The maximum Gasteiger partial charge on any atom is 0.224 e. The van der Waals surface area contributed by atoms with Gasteiger partial charge in [-0.15, -0.1) is 0 Å². The molecule has 1 aliphatic carbocycles. The fourth-order valence-electron chi connectivity index (χ4n) is 6.43. The van der Waals surface area contributed by atoms with Crippen LogP contribution < -0.4 is 10.1 Å². The molecule has 1 N–H and O–H groups in total. The SMILES string of the molecule is CN1CCC[C@@H]1CCNC(=O)[C@@H]1C[C@H](COc2ccc3c(c2)CCC3)CN(CCc2ccccc2)C1. The lowest BCUT2D eigenvalue weighted by Gasteiger charge is -2.37. The Kier molecular flexibility index (Phi) is 8.60. The van der Waals surface area contributed by atoms with E-state index in [1.165, 1.54) is 55.3 Å². The van der Waals surface area contributed by atoms with E-state index < -0.39 is 0 Å². The van der Waals surface area contributed by atoms with E-state index in [0.717, 1.165) is 51.2 Å². The molecule has 2 fully saturated rings. The van der Waals surface area contributed by atoms with Crippen LogP contribution in [0.2, 0.25) is 0 Å². The number of likely N-dealkylation sites (tertiary alicyclic amines) is 2. The molecule has 3 aliphatic rings. The Morgan fingerprint density at radius 2 is 1.92 bits per heavy atom. The monoisotopic (exact) mass is 489 g/mol.